The van der Waals surface area contributed by atoms with E-state index in [1.807, 2.05) is 6.92 Å². The lowest BCUT2D eigenvalue weighted by atomic mass is 9.97. The molecule has 2 aromatic rings. The highest BCUT2D eigenvalue weighted by molar-refractivity contribution is 5.78. The van der Waals surface area contributed by atoms with Crippen LogP contribution in [0.2, 0.25) is 0 Å². The molecule has 0 spiro atoms. The zero-order valence-corrected chi connectivity index (χ0v) is 15.3. The second-order valence-corrected chi connectivity index (χ2v) is 6.43. The summed E-state index contributed by atoms with van der Waals surface area (Å²) in [5.41, 5.74) is 1.38. The van der Waals surface area contributed by atoms with Gasteiger partial charge in [0, 0.05) is 19.6 Å². The smallest absolute Gasteiger partial charge is 0.223 e. The van der Waals surface area contributed by atoms with Crippen LogP contribution in [0, 0.1) is 17.5 Å². The normalized spacial score (nSPS) is 14.7. The van der Waals surface area contributed by atoms with E-state index in [1.165, 1.54) is 18.2 Å². The molecule has 3 nitrogen and oxygen atoms in total. The molecule has 2 aromatic carbocycles. The van der Waals surface area contributed by atoms with Gasteiger partial charge in [-0.15, -0.1) is 0 Å². The zero-order chi connectivity index (χ0) is 19.8. The molecule has 0 saturated carbocycles. The molecule has 146 valence electrons. The van der Waals surface area contributed by atoms with E-state index in [2.05, 4.69) is 0 Å². The first-order valence-corrected chi connectivity index (χ1v) is 9.06. The first kappa shape index (κ1) is 21.0. The van der Waals surface area contributed by atoms with E-state index in [9.17, 15) is 18.0 Å². The molecule has 1 heterocycles. The van der Waals surface area contributed by atoms with Crippen LogP contribution in [0.4, 0.5) is 13.2 Å². The number of aliphatic hydroxyl groups excluding tert-OH is 1. The van der Waals surface area contributed by atoms with E-state index in [0.29, 0.717) is 31.6 Å². The quantitative estimate of drug-likeness (QED) is 0.837. The molecule has 0 radical (unpaired) electrons. The molecule has 0 aliphatic carbocycles. The summed E-state index contributed by atoms with van der Waals surface area (Å²) in [6, 6.07) is 9.37. The van der Waals surface area contributed by atoms with Crippen molar-refractivity contribution in [1.82, 2.24) is 4.90 Å². The zero-order valence-electron chi connectivity index (χ0n) is 15.3. The van der Waals surface area contributed by atoms with Gasteiger partial charge in [0.25, 0.3) is 0 Å². The van der Waals surface area contributed by atoms with Crippen LogP contribution < -0.4 is 0 Å². The van der Waals surface area contributed by atoms with Gasteiger partial charge in [-0.1, -0.05) is 25.1 Å². The molecule has 1 fully saturated rings. The molecule has 27 heavy (non-hydrogen) atoms. The fraction of sp³-hybridized carbons (Fsp3) is 0.381. The molecular formula is C21H24F3NO2. The number of hydrogen-bond donors (Lipinski definition) is 1. The minimum absolute atomic E-state index is 0.0295. The molecule has 0 aromatic heterocycles. The second kappa shape index (κ2) is 10.1. The van der Waals surface area contributed by atoms with Crippen molar-refractivity contribution in [2.75, 3.05) is 13.2 Å². The van der Waals surface area contributed by atoms with Gasteiger partial charge >= 0.3 is 0 Å². The van der Waals surface area contributed by atoms with Gasteiger partial charge in [-0.3, -0.25) is 4.79 Å². The van der Waals surface area contributed by atoms with Crippen molar-refractivity contribution in [2.45, 2.75) is 38.6 Å². The lowest BCUT2D eigenvalue weighted by Gasteiger charge is -2.28. The predicted octanol–water partition coefficient (Wildman–Crippen LogP) is 4.40. The third-order valence-corrected chi connectivity index (χ3v) is 4.38. The minimum atomic E-state index is -0.909. The summed E-state index contributed by atoms with van der Waals surface area (Å²) in [5.74, 6) is -2.13. The fourth-order valence-corrected chi connectivity index (χ4v) is 2.98. The van der Waals surface area contributed by atoms with Crippen molar-refractivity contribution >= 4 is 5.91 Å². The molecule has 1 amide bonds. The van der Waals surface area contributed by atoms with Crippen LogP contribution in [0.3, 0.4) is 0 Å². The van der Waals surface area contributed by atoms with Gasteiger partial charge in [0.15, 0.2) is 11.6 Å². The van der Waals surface area contributed by atoms with E-state index >= 15 is 0 Å². The first-order chi connectivity index (χ1) is 13.0. The average molecular weight is 379 g/mol. The van der Waals surface area contributed by atoms with Gasteiger partial charge in [-0.05, 0) is 54.7 Å². The number of carbonyl (C=O) groups is 1. The third-order valence-electron chi connectivity index (χ3n) is 4.38. The number of likely N-dealkylation sites (tertiary alicyclic amines) is 1. The highest BCUT2D eigenvalue weighted by atomic mass is 19.2. The molecular weight excluding hydrogens is 355 g/mol. The Balaban J connectivity index is 0.000000596. The monoisotopic (exact) mass is 379 g/mol. The maximum atomic E-state index is 13.4. The Kier molecular flexibility index (Phi) is 7.85. The van der Waals surface area contributed by atoms with Crippen molar-refractivity contribution in [1.29, 1.82) is 0 Å². The first-order valence-electron chi connectivity index (χ1n) is 9.06. The summed E-state index contributed by atoms with van der Waals surface area (Å²) in [5, 5.41) is 7.88. The van der Waals surface area contributed by atoms with Crippen molar-refractivity contribution < 1.29 is 23.1 Å². The Morgan fingerprint density at radius 1 is 1.07 bits per heavy atom. The Hall–Kier alpha value is -2.34. The maximum Gasteiger partial charge on any atom is 0.223 e. The van der Waals surface area contributed by atoms with Crippen LogP contribution in [-0.4, -0.2) is 29.1 Å². The van der Waals surface area contributed by atoms with Gasteiger partial charge in [-0.25, -0.2) is 13.2 Å². The summed E-state index contributed by atoms with van der Waals surface area (Å²) < 4.78 is 39.7. The van der Waals surface area contributed by atoms with Crippen LogP contribution in [0.5, 0.6) is 0 Å². The molecule has 1 aliphatic heterocycles. The van der Waals surface area contributed by atoms with Crippen LogP contribution in [0.1, 0.15) is 43.4 Å². The minimum Gasteiger partial charge on any atom is -0.396 e. The number of halogens is 3. The van der Waals surface area contributed by atoms with Crippen LogP contribution in [-0.2, 0) is 11.2 Å². The van der Waals surface area contributed by atoms with Crippen molar-refractivity contribution in [3.8, 4) is 0 Å². The Labute approximate surface area is 157 Å². The van der Waals surface area contributed by atoms with Gasteiger partial charge in [0.05, 0.1) is 6.04 Å². The summed E-state index contributed by atoms with van der Waals surface area (Å²) in [7, 11) is 0. The van der Waals surface area contributed by atoms with E-state index in [1.54, 1.807) is 17.0 Å². The number of hydrogen-bond acceptors (Lipinski definition) is 2. The maximum absolute atomic E-state index is 13.4. The second-order valence-electron chi connectivity index (χ2n) is 6.43. The largest absolute Gasteiger partial charge is 0.396 e. The number of aliphatic hydroxyl groups is 1. The van der Waals surface area contributed by atoms with E-state index in [-0.39, 0.29) is 17.8 Å². The summed E-state index contributed by atoms with van der Waals surface area (Å²) >= 11 is 0. The number of nitrogens with zero attached hydrogens (tertiary/aromatic N) is 1. The van der Waals surface area contributed by atoms with Crippen LogP contribution in [0.25, 0.3) is 0 Å². The molecule has 1 atom stereocenters. The molecule has 0 bridgehead atoms. The lowest BCUT2D eigenvalue weighted by molar-refractivity contribution is -0.129. The number of rotatable bonds is 5. The Morgan fingerprint density at radius 3 is 2.26 bits per heavy atom. The lowest BCUT2D eigenvalue weighted by Crippen LogP contribution is -2.31. The molecule has 1 saturated heterocycles. The Morgan fingerprint density at radius 2 is 1.74 bits per heavy atom. The van der Waals surface area contributed by atoms with Gasteiger partial charge in [-0.2, -0.15) is 0 Å². The average Bonchev–Trinajstić information content (AvgIpc) is 3.09. The molecule has 1 aliphatic rings. The van der Waals surface area contributed by atoms with Crippen molar-refractivity contribution in [3.63, 3.8) is 0 Å². The SMILES string of the molecule is CCCO.O=C1CCCN1C(Cc1ccc(F)c(F)c1)c1ccc(F)cc1. The predicted molar refractivity (Wildman–Crippen MR) is 97.5 cm³/mol. The van der Waals surface area contributed by atoms with E-state index in [0.717, 1.165) is 30.5 Å². The highest BCUT2D eigenvalue weighted by Crippen LogP contribution is 2.30. The molecule has 6 heteroatoms. The van der Waals surface area contributed by atoms with E-state index in [4.69, 9.17) is 5.11 Å². The number of amides is 1. The van der Waals surface area contributed by atoms with Crippen LogP contribution in [0.15, 0.2) is 42.5 Å². The number of benzene rings is 2. The Bertz CT molecular complexity index is 748. The van der Waals surface area contributed by atoms with Gasteiger partial charge in [0.1, 0.15) is 5.82 Å². The van der Waals surface area contributed by atoms with Gasteiger partial charge < -0.3 is 10.0 Å². The van der Waals surface area contributed by atoms with E-state index < -0.39 is 11.6 Å². The third kappa shape index (κ3) is 5.82. The highest BCUT2D eigenvalue weighted by Gasteiger charge is 2.29. The standard InChI is InChI=1S/C18H16F3NO.C3H8O/c19-14-6-4-13(5-7-14)17(22-9-1-2-18(22)23)11-12-3-8-15(20)16(21)10-12;1-2-3-4/h3-8,10,17H,1-2,9,11H2;4H,2-3H2,1H3. The van der Waals surface area contributed by atoms with Crippen molar-refractivity contribution in [3.05, 3.63) is 71.0 Å². The number of carbonyl (C=O) groups excluding carboxylic acids is 1. The van der Waals surface area contributed by atoms with Gasteiger partial charge in [0.2, 0.25) is 5.91 Å². The molecule has 1 unspecified atom stereocenters. The summed E-state index contributed by atoms with van der Waals surface area (Å²) in [6.07, 6.45) is 2.48. The van der Waals surface area contributed by atoms with Crippen molar-refractivity contribution in [2.24, 2.45) is 0 Å². The van der Waals surface area contributed by atoms with Crippen LogP contribution >= 0.6 is 0 Å². The summed E-state index contributed by atoms with van der Waals surface area (Å²) in [6.45, 7) is 2.87. The molecule has 1 N–H and O–H groups in total. The fourth-order valence-electron chi connectivity index (χ4n) is 2.98. The summed E-state index contributed by atoms with van der Waals surface area (Å²) in [4.78, 5) is 13.8. The molecule has 3 rings (SSSR count). The topological polar surface area (TPSA) is 40.5 Å².